The van der Waals surface area contributed by atoms with Gasteiger partial charge in [-0.05, 0) is 47.5 Å². The predicted octanol–water partition coefficient (Wildman–Crippen LogP) is 5.71. The molecule has 9 heteroatoms. The third-order valence-electron chi connectivity index (χ3n) is 3.59. The SMILES string of the molecule is CC(C)c1c(C(C)(C)C)nn(COP(=O)(OC(C)(C)C)OC(C)(C)C)c1C(=O)O. The lowest BCUT2D eigenvalue weighted by Gasteiger charge is -2.30. The van der Waals surface area contributed by atoms with Crippen LogP contribution in [0.15, 0.2) is 0 Å². The van der Waals surface area contributed by atoms with Crippen LogP contribution in [0.2, 0.25) is 0 Å². The lowest BCUT2D eigenvalue weighted by atomic mass is 9.85. The molecule has 0 aliphatic rings. The largest absolute Gasteiger partial charge is 0.477 e. The Labute approximate surface area is 174 Å². The molecular weight excluding hydrogens is 395 g/mol. The number of phosphoric acid groups is 1. The quantitative estimate of drug-likeness (QED) is 0.550. The van der Waals surface area contributed by atoms with Crippen LogP contribution in [0.3, 0.4) is 0 Å². The average Bonchev–Trinajstić information content (AvgIpc) is 2.80. The van der Waals surface area contributed by atoms with E-state index in [-0.39, 0.29) is 23.8 Å². The molecule has 1 rings (SSSR count). The number of carboxylic acid groups (broad SMARTS) is 1. The number of hydrogen-bond acceptors (Lipinski definition) is 6. The van der Waals surface area contributed by atoms with Crippen molar-refractivity contribution in [2.24, 2.45) is 0 Å². The maximum absolute atomic E-state index is 13.3. The van der Waals surface area contributed by atoms with Gasteiger partial charge in [0.15, 0.2) is 12.4 Å². The normalized spacial score (nSPS) is 13.9. The molecule has 0 radical (unpaired) electrons. The molecule has 1 heterocycles. The molecule has 0 unspecified atom stereocenters. The summed E-state index contributed by atoms with van der Waals surface area (Å²) in [4.78, 5) is 12.0. The minimum Gasteiger partial charge on any atom is -0.477 e. The number of carboxylic acids is 1. The Balaban J connectivity index is 3.40. The van der Waals surface area contributed by atoms with E-state index >= 15 is 0 Å². The molecule has 0 fully saturated rings. The summed E-state index contributed by atoms with van der Waals surface area (Å²) in [6, 6.07) is 0. The molecule has 0 aliphatic heterocycles. The molecule has 168 valence electrons. The van der Waals surface area contributed by atoms with Gasteiger partial charge >= 0.3 is 13.8 Å². The third kappa shape index (κ3) is 7.52. The van der Waals surface area contributed by atoms with Crippen LogP contribution in [0.1, 0.15) is 104 Å². The number of phosphoric ester groups is 1. The fourth-order valence-corrected chi connectivity index (χ4v) is 4.50. The van der Waals surface area contributed by atoms with E-state index in [4.69, 9.17) is 13.6 Å². The molecular formula is C20H37N2O6P. The van der Waals surface area contributed by atoms with Crippen molar-refractivity contribution in [1.82, 2.24) is 9.78 Å². The van der Waals surface area contributed by atoms with Gasteiger partial charge in [0, 0.05) is 11.0 Å². The molecule has 0 saturated heterocycles. The molecule has 0 aliphatic carbocycles. The first-order valence-corrected chi connectivity index (χ1v) is 11.2. The van der Waals surface area contributed by atoms with Crippen molar-refractivity contribution < 1.29 is 28.0 Å². The van der Waals surface area contributed by atoms with Gasteiger partial charge in [0.1, 0.15) is 0 Å². The second kappa shape index (κ2) is 8.50. The number of hydrogen-bond donors (Lipinski definition) is 1. The van der Waals surface area contributed by atoms with Gasteiger partial charge in [-0.3, -0.25) is 13.6 Å². The van der Waals surface area contributed by atoms with Crippen LogP contribution >= 0.6 is 7.82 Å². The zero-order valence-electron chi connectivity index (χ0n) is 19.6. The number of rotatable bonds is 7. The van der Waals surface area contributed by atoms with Crippen LogP contribution in [0.25, 0.3) is 0 Å². The zero-order valence-corrected chi connectivity index (χ0v) is 20.5. The summed E-state index contributed by atoms with van der Waals surface area (Å²) >= 11 is 0. The Kier molecular flexibility index (Phi) is 7.57. The van der Waals surface area contributed by atoms with Crippen LogP contribution in [0, 0.1) is 0 Å². The first kappa shape index (κ1) is 25.8. The number of nitrogens with zero attached hydrogens (tertiary/aromatic N) is 2. The monoisotopic (exact) mass is 432 g/mol. The molecule has 1 N–H and O–H groups in total. The number of aromatic nitrogens is 2. The number of aromatic carboxylic acids is 1. The van der Waals surface area contributed by atoms with Gasteiger partial charge in [0.2, 0.25) is 0 Å². The van der Waals surface area contributed by atoms with Crippen LogP contribution in [-0.4, -0.2) is 32.1 Å². The predicted molar refractivity (Wildman–Crippen MR) is 112 cm³/mol. The fourth-order valence-electron chi connectivity index (χ4n) is 2.76. The molecule has 29 heavy (non-hydrogen) atoms. The molecule has 0 atom stereocenters. The van der Waals surface area contributed by atoms with E-state index in [2.05, 4.69) is 5.10 Å². The fraction of sp³-hybridized carbons (Fsp3) is 0.800. The highest BCUT2D eigenvalue weighted by molar-refractivity contribution is 7.48. The van der Waals surface area contributed by atoms with E-state index < -0.39 is 25.0 Å². The van der Waals surface area contributed by atoms with E-state index in [1.54, 1.807) is 41.5 Å². The van der Waals surface area contributed by atoms with E-state index in [9.17, 15) is 14.5 Å². The first-order chi connectivity index (χ1) is 12.8. The third-order valence-corrected chi connectivity index (χ3v) is 5.56. The summed E-state index contributed by atoms with van der Waals surface area (Å²) in [6.07, 6.45) is 0. The maximum Gasteiger partial charge on any atom is 0.477 e. The lowest BCUT2D eigenvalue weighted by Crippen LogP contribution is -2.25. The second-order valence-corrected chi connectivity index (χ2v) is 12.0. The molecule has 0 saturated carbocycles. The maximum atomic E-state index is 13.3. The van der Waals surface area contributed by atoms with Gasteiger partial charge in [0.25, 0.3) is 0 Å². The summed E-state index contributed by atoms with van der Waals surface area (Å²) in [5.41, 5.74) is -0.639. The Hall–Kier alpha value is -1.21. The minimum atomic E-state index is -4.00. The smallest absolute Gasteiger partial charge is 0.477 e. The molecule has 0 aromatic carbocycles. The van der Waals surface area contributed by atoms with Crippen molar-refractivity contribution in [3.8, 4) is 0 Å². The zero-order chi connectivity index (χ0) is 23.0. The molecule has 1 aromatic rings. The van der Waals surface area contributed by atoms with Gasteiger partial charge < -0.3 is 5.11 Å². The van der Waals surface area contributed by atoms with Crippen molar-refractivity contribution in [2.45, 2.75) is 105 Å². The highest BCUT2D eigenvalue weighted by Crippen LogP contribution is 2.55. The second-order valence-electron chi connectivity index (χ2n) is 10.4. The van der Waals surface area contributed by atoms with Crippen molar-refractivity contribution in [3.63, 3.8) is 0 Å². The summed E-state index contributed by atoms with van der Waals surface area (Å²) in [7, 11) is -4.00. The Morgan fingerprint density at radius 2 is 1.48 bits per heavy atom. The Bertz CT molecular complexity index is 759. The van der Waals surface area contributed by atoms with E-state index in [1.807, 2.05) is 34.6 Å². The highest BCUT2D eigenvalue weighted by atomic mass is 31.2. The van der Waals surface area contributed by atoms with Crippen LogP contribution in [0.4, 0.5) is 0 Å². The van der Waals surface area contributed by atoms with Crippen molar-refractivity contribution in [1.29, 1.82) is 0 Å². The van der Waals surface area contributed by atoms with Crippen molar-refractivity contribution in [3.05, 3.63) is 17.0 Å². The summed E-state index contributed by atoms with van der Waals surface area (Å²) < 4.78 is 31.3. The standard InChI is InChI=1S/C20H37N2O6P/c1-13(2)14-15(17(23)24)22(21-16(14)18(3,4)5)12-26-29(25,27-19(6,7)8)28-20(9,10)11/h13H,12H2,1-11H3,(H,23,24). The molecule has 0 bridgehead atoms. The molecule has 8 nitrogen and oxygen atoms in total. The molecule has 0 amide bonds. The van der Waals surface area contributed by atoms with E-state index in [0.29, 0.717) is 11.3 Å². The number of carbonyl (C=O) groups is 1. The first-order valence-electron chi connectivity index (χ1n) is 9.76. The van der Waals surface area contributed by atoms with Crippen LogP contribution < -0.4 is 0 Å². The minimum absolute atomic E-state index is 0.0167. The topological polar surface area (TPSA) is 99.9 Å². The van der Waals surface area contributed by atoms with Gasteiger partial charge in [-0.1, -0.05) is 34.6 Å². The highest BCUT2D eigenvalue weighted by Gasteiger charge is 2.38. The van der Waals surface area contributed by atoms with Gasteiger partial charge in [0.05, 0.1) is 16.9 Å². The van der Waals surface area contributed by atoms with Crippen LogP contribution in [-0.2, 0) is 30.3 Å². The summed E-state index contributed by atoms with van der Waals surface area (Å²) in [5, 5.41) is 14.3. The van der Waals surface area contributed by atoms with Crippen molar-refractivity contribution >= 4 is 13.8 Å². The van der Waals surface area contributed by atoms with Crippen molar-refractivity contribution in [2.75, 3.05) is 0 Å². The lowest BCUT2D eigenvalue weighted by molar-refractivity contribution is -0.00833. The Morgan fingerprint density at radius 1 is 1.03 bits per heavy atom. The van der Waals surface area contributed by atoms with Gasteiger partial charge in [-0.2, -0.15) is 5.10 Å². The van der Waals surface area contributed by atoms with E-state index in [1.165, 1.54) is 4.68 Å². The summed E-state index contributed by atoms with van der Waals surface area (Å²) in [5.74, 6) is -1.18. The van der Waals surface area contributed by atoms with Crippen LogP contribution in [0.5, 0.6) is 0 Å². The molecule has 1 aromatic heterocycles. The Morgan fingerprint density at radius 3 is 1.79 bits per heavy atom. The molecule has 0 spiro atoms. The summed E-state index contributed by atoms with van der Waals surface area (Å²) in [6.45, 7) is 19.8. The van der Waals surface area contributed by atoms with Gasteiger partial charge in [-0.15, -0.1) is 0 Å². The average molecular weight is 432 g/mol. The van der Waals surface area contributed by atoms with E-state index in [0.717, 1.165) is 0 Å². The van der Waals surface area contributed by atoms with Gasteiger partial charge in [-0.25, -0.2) is 14.0 Å².